The minimum absolute atomic E-state index is 0.0290. The Morgan fingerprint density at radius 3 is 2.57 bits per heavy atom. The second-order valence-electron chi connectivity index (χ2n) is 8.73. The van der Waals surface area contributed by atoms with Gasteiger partial charge < -0.3 is 15.0 Å². The van der Waals surface area contributed by atoms with Crippen molar-refractivity contribution in [1.29, 1.82) is 0 Å². The molecule has 30 heavy (non-hydrogen) atoms. The van der Waals surface area contributed by atoms with Gasteiger partial charge in [-0.15, -0.1) is 0 Å². The van der Waals surface area contributed by atoms with Gasteiger partial charge in [-0.05, 0) is 63.6 Å². The highest BCUT2D eigenvalue weighted by Gasteiger charge is 2.27. The monoisotopic (exact) mass is 437 g/mol. The third-order valence-corrected chi connectivity index (χ3v) is 7.60. The molecule has 0 saturated carbocycles. The van der Waals surface area contributed by atoms with Crippen molar-refractivity contribution in [2.24, 2.45) is 5.92 Å². The molecule has 0 aromatic heterocycles. The Balaban J connectivity index is 1.78. The normalized spacial score (nSPS) is 20.9. The van der Waals surface area contributed by atoms with E-state index < -0.39 is 10.0 Å². The van der Waals surface area contributed by atoms with Crippen LogP contribution in [0.25, 0.3) is 0 Å². The second-order valence-corrected chi connectivity index (χ2v) is 10.7. The molecule has 1 atom stereocenters. The zero-order valence-electron chi connectivity index (χ0n) is 18.4. The van der Waals surface area contributed by atoms with Gasteiger partial charge in [0.25, 0.3) is 0 Å². The third kappa shape index (κ3) is 5.66. The molecule has 1 aromatic carbocycles. The molecular formula is C22H35N3O4S. The average Bonchev–Trinajstić information content (AvgIpc) is 2.73. The first-order valence-corrected chi connectivity index (χ1v) is 12.5. The fourth-order valence-corrected chi connectivity index (χ4v) is 5.66. The second kappa shape index (κ2) is 10.0. The Morgan fingerprint density at radius 1 is 1.17 bits per heavy atom. The molecule has 1 amide bonds. The van der Waals surface area contributed by atoms with Crippen LogP contribution in [0.3, 0.4) is 0 Å². The lowest BCUT2D eigenvalue weighted by atomic mass is 10.0. The van der Waals surface area contributed by atoms with Crippen molar-refractivity contribution in [3.8, 4) is 5.75 Å². The standard InChI is InChI=1S/C22H35N3O4S/c1-17(2)29-21-10-9-19(30(27,28)25-12-5-4-6-13-25)14-20(21)23-15-22(26)24-11-7-8-18(3)16-24/h9-10,14,17-18,23H,4-8,11-13,15-16H2,1-3H3. The Bertz CT molecular complexity index is 835. The highest BCUT2D eigenvalue weighted by molar-refractivity contribution is 7.89. The quantitative estimate of drug-likeness (QED) is 0.708. The number of sulfonamides is 1. The Labute approximate surface area is 180 Å². The highest BCUT2D eigenvalue weighted by Crippen LogP contribution is 2.31. The van der Waals surface area contributed by atoms with Crippen LogP contribution in [0.15, 0.2) is 23.1 Å². The van der Waals surface area contributed by atoms with Gasteiger partial charge in [0.1, 0.15) is 5.75 Å². The maximum Gasteiger partial charge on any atom is 0.243 e. The van der Waals surface area contributed by atoms with E-state index in [0.29, 0.717) is 30.4 Å². The smallest absolute Gasteiger partial charge is 0.243 e. The fraction of sp³-hybridized carbons (Fsp3) is 0.682. The number of piperidine rings is 2. The number of carbonyl (C=O) groups excluding carboxylic acids is 1. The van der Waals surface area contributed by atoms with Crippen LogP contribution in [0.2, 0.25) is 0 Å². The molecule has 2 fully saturated rings. The molecule has 1 aromatic rings. The van der Waals surface area contributed by atoms with E-state index in [2.05, 4.69) is 12.2 Å². The molecule has 0 radical (unpaired) electrons. The van der Waals surface area contributed by atoms with Gasteiger partial charge in [0.2, 0.25) is 15.9 Å². The number of hydrogen-bond acceptors (Lipinski definition) is 5. The van der Waals surface area contributed by atoms with Crippen LogP contribution in [0, 0.1) is 5.92 Å². The van der Waals surface area contributed by atoms with Crippen molar-refractivity contribution >= 4 is 21.6 Å². The lowest BCUT2D eigenvalue weighted by Crippen LogP contribution is -2.42. The number of anilines is 1. The van der Waals surface area contributed by atoms with Crippen molar-refractivity contribution < 1.29 is 17.9 Å². The lowest BCUT2D eigenvalue weighted by molar-refractivity contribution is -0.130. The number of likely N-dealkylation sites (tertiary alicyclic amines) is 1. The summed E-state index contributed by atoms with van der Waals surface area (Å²) < 4.78 is 33.6. The van der Waals surface area contributed by atoms with Crippen LogP contribution in [0.1, 0.15) is 52.9 Å². The molecule has 2 saturated heterocycles. The first kappa shape index (κ1) is 22.9. The maximum absolute atomic E-state index is 13.1. The number of hydrogen-bond donors (Lipinski definition) is 1. The van der Waals surface area contributed by atoms with Crippen molar-refractivity contribution in [1.82, 2.24) is 9.21 Å². The van der Waals surface area contributed by atoms with E-state index in [-0.39, 0.29) is 23.5 Å². The van der Waals surface area contributed by atoms with Crippen LogP contribution in [0.4, 0.5) is 5.69 Å². The zero-order chi connectivity index (χ0) is 21.7. The van der Waals surface area contributed by atoms with Crippen molar-refractivity contribution in [2.75, 3.05) is 38.0 Å². The van der Waals surface area contributed by atoms with E-state index in [1.165, 1.54) is 0 Å². The van der Waals surface area contributed by atoms with Crippen molar-refractivity contribution in [3.05, 3.63) is 18.2 Å². The van der Waals surface area contributed by atoms with E-state index in [1.54, 1.807) is 22.5 Å². The van der Waals surface area contributed by atoms with Crippen LogP contribution < -0.4 is 10.1 Å². The number of carbonyl (C=O) groups is 1. The summed E-state index contributed by atoms with van der Waals surface area (Å²) in [4.78, 5) is 14.8. The summed E-state index contributed by atoms with van der Waals surface area (Å²) in [6, 6.07) is 4.89. The number of nitrogens with one attached hydrogen (secondary N) is 1. The molecule has 8 heteroatoms. The number of benzene rings is 1. The van der Waals surface area contributed by atoms with E-state index in [0.717, 1.165) is 45.2 Å². The number of ether oxygens (including phenoxy) is 1. The van der Waals surface area contributed by atoms with Crippen molar-refractivity contribution in [2.45, 2.75) is 63.9 Å². The molecular weight excluding hydrogens is 402 g/mol. The predicted molar refractivity (Wildman–Crippen MR) is 118 cm³/mol. The Morgan fingerprint density at radius 2 is 1.90 bits per heavy atom. The lowest BCUT2D eigenvalue weighted by Gasteiger charge is -2.31. The molecule has 168 valence electrons. The van der Waals surface area contributed by atoms with Crippen LogP contribution in [0.5, 0.6) is 5.75 Å². The molecule has 7 nitrogen and oxygen atoms in total. The van der Waals surface area contributed by atoms with Gasteiger partial charge in [-0.25, -0.2) is 8.42 Å². The number of nitrogens with zero attached hydrogens (tertiary/aromatic N) is 2. The molecule has 3 rings (SSSR count). The molecule has 0 bridgehead atoms. The number of rotatable bonds is 7. The molecule has 2 aliphatic heterocycles. The summed E-state index contributed by atoms with van der Waals surface area (Å²) in [5.74, 6) is 1.10. The summed E-state index contributed by atoms with van der Waals surface area (Å²) >= 11 is 0. The average molecular weight is 438 g/mol. The van der Waals surface area contributed by atoms with Gasteiger partial charge in [-0.2, -0.15) is 4.31 Å². The van der Waals surface area contributed by atoms with Gasteiger partial charge in [-0.3, -0.25) is 4.79 Å². The molecule has 2 aliphatic rings. The van der Waals surface area contributed by atoms with E-state index in [1.807, 2.05) is 18.7 Å². The summed E-state index contributed by atoms with van der Waals surface area (Å²) in [5.41, 5.74) is 0.542. The van der Waals surface area contributed by atoms with Gasteiger partial charge in [-0.1, -0.05) is 13.3 Å². The van der Waals surface area contributed by atoms with Gasteiger partial charge in [0.05, 0.1) is 23.2 Å². The molecule has 1 N–H and O–H groups in total. The zero-order valence-corrected chi connectivity index (χ0v) is 19.2. The van der Waals surface area contributed by atoms with E-state index in [9.17, 15) is 13.2 Å². The third-order valence-electron chi connectivity index (χ3n) is 5.71. The van der Waals surface area contributed by atoms with Crippen molar-refractivity contribution in [3.63, 3.8) is 0 Å². The first-order valence-electron chi connectivity index (χ1n) is 11.1. The molecule has 1 unspecified atom stereocenters. The van der Waals surface area contributed by atoms with Gasteiger partial charge in [0, 0.05) is 26.2 Å². The minimum atomic E-state index is -3.55. The van der Waals surface area contributed by atoms with Crippen LogP contribution in [-0.2, 0) is 14.8 Å². The van der Waals surface area contributed by atoms with Gasteiger partial charge in [0.15, 0.2) is 0 Å². The Kier molecular flexibility index (Phi) is 7.63. The minimum Gasteiger partial charge on any atom is -0.489 e. The van der Waals surface area contributed by atoms with E-state index in [4.69, 9.17) is 4.74 Å². The topological polar surface area (TPSA) is 79.0 Å². The largest absolute Gasteiger partial charge is 0.489 e. The fourth-order valence-electron chi connectivity index (χ4n) is 4.12. The summed E-state index contributed by atoms with van der Waals surface area (Å²) in [7, 11) is -3.55. The van der Waals surface area contributed by atoms with E-state index >= 15 is 0 Å². The first-order chi connectivity index (χ1) is 14.3. The highest BCUT2D eigenvalue weighted by atomic mass is 32.2. The SMILES string of the molecule is CC1CCCN(C(=O)CNc2cc(S(=O)(=O)N3CCCCC3)ccc2OC(C)C)C1. The van der Waals surface area contributed by atoms with Crippen LogP contribution >= 0.6 is 0 Å². The number of amides is 1. The summed E-state index contributed by atoms with van der Waals surface area (Å²) in [6.07, 6.45) is 4.97. The summed E-state index contributed by atoms with van der Waals surface area (Å²) in [5, 5.41) is 3.15. The molecule has 2 heterocycles. The Hall–Kier alpha value is -1.80. The summed E-state index contributed by atoms with van der Waals surface area (Å²) in [6.45, 7) is 8.79. The maximum atomic E-state index is 13.1. The molecule has 0 aliphatic carbocycles. The van der Waals surface area contributed by atoms with Gasteiger partial charge >= 0.3 is 0 Å². The predicted octanol–water partition coefficient (Wildman–Crippen LogP) is 3.32. The molecule has 0 spiro atoms. The van der Waals surface area contributed by atoms with Crippen LogP contribution in [-0.4, -0.2) is 62.4 Å².